The van der Waals surface area contributed by atoms with Crippen LogP contribution in [0.5, 0.6) is 5.75 Å². The molecule has 4 amide bonds. The average molecular weight is 771 g/mol. The predicted molar refractivity (Wildman–Crippen MR) is 212 cm³/mol. The van der Waals surface area contributed by atoms with Gasteiger partial charge in [-0.15, -0.1) is 17.9 Å². The monoisotopic (exact) mass is 770 g/mol. The molecule has 1 saturated carbocycles. The third-order valence-electron chi connectivity index (χ3n) is 12.6. The third-order valence-corrected chi connectivity index (χ3v) is 14.1. The van der Waals surface area contributed by atoms with E-state index in [0.717, 1.165) is 31.7 Å². The number of nitrogens with zero attached hydrogens (tertiary/aromatic N) is 4. The van der Waals surface area contributed by atoms with Gasteiger partial charge in [-0.2, -0.15) is 5.10 Å². The van der Waals surface area contributed by atoms with Crippen molar-refractivity contribution in [1.29, 1.82) is 0 Å². The number of rotatable bonds is 7. The Morgan fingerprint density at radius 1 is 1.00 bits per heavy atom. The van der Waals surface area contributed by atoms with Crippen molar-refractivity contribution < 1.29 is 24.3 Å². The molecule has 2 aromatic heterocycles. The van der Waals surface area contributed by atoms with Gasteiger partial charge >= 0.3 is 0 Å². The van der Waals surface area contributed by atoms with E-state index in [9.17, 15) is 19.5 Å². The summed E-state index contributed by atoms with van der Waals surface area (Å²) in [4.78, 5) is 62.0. The number of benzene rings is 3. The molecular formula is C44H39ClN4O5S. The molecule has 11 heteroatoms. The highest BCUT2D eigenvalue weighted by molar-refractivity contribution is 7.22. The molecule has 9 rings (SSSR count). The summed E-state index contributed by atoms with van der Waals surface area (Å²) >= 11 is 7.90. The summed E-state index contributed by atoms with van der Waals surface area (Å²) in [6, 6.07) is 22.5. The SMILES string of the molecule is C=CCc1cccc([C@H]2C3=CC[C@@H]4C(=O)N(Cc5ccccc5)C(=O)[C@@H]4[C@@H]3C[C@H]3C(=O)N(c4cc(-c5sc6ccc(Cl)cc6c5C)nn4C)C(=O)[C@@]23C)c1O. The molecule has 9 nitrogen and oxygen atoms in total. The van der Waals surface area contributed by atoms with E-state index in [1.807, 2.05) is 86.7 Å². The lowest BCUT2D eigenvalue weighted by molar-refractivity contribution is -0.141. The summed E-state index contributed by atoms with van der Waals surface area (Å²) in [6.45, 7) is 7.87. The molecule has 2 saturated heterocycles. The number of fused-ring (bicyclic) bond motifs is 5. The van der Waals surface area contributed by atoms with Gasteiger partial charge in [-0.1, -0.05) is 77.9 Å². The van der Waals surface area contributed by atoms with Crippen molar-refractivity contribution in [2.24, 2.45) is 36.1 Å². The first-order chi connectivity index (χ1) is 26.4. The molecule has 1 N–H and O–H groups in total. The number of hydrogen-bond acceptors (Lipinski definition) is 7. The molecule has 4 aliphatic rings. The van der Waals surface area contributed by atoms with E-state index in [0.29, 0.717) is 40.5 Å². The van der Waals surface area contributed by atoms with E-state index in [1.54, 1.807) is 35.2 Å². The molecule has 278 valence electrons. The van der Waals surface area contributed by atoms with E-state index >= 15 is 4.79 Å². The van der Waals surface area contributed by atoms with Gasteiger partial charge in [0.25, 0.3) is 0 Å². The maximum Gasteiger partial charge on any atom is 0.242 e. The predicted octanol–water partition coefficient (Wildman–Crippen LogP) is 8.13. The van der Waals surface area contributed by atoms with Crippen LogP contribution in [0.4, 0.5) is 5.82 Å². The molecule has 2 aliphatic heterocycles. The van der Waals surface area contributed by atoms with E-state index in [1.165, 1.54) is 9.80 Å². The maximum absolute atomic E-state index is 15.2. The van der Waals surface area contributed by atoms with E-state index < -0.39 is 40.9 Å². The second kappa shape index (κ2) is 12.9. The Labute approximate surface area is 327 Å². The van der Waals surface area contributed by atoms with Gasteiger partial charge in [0, 0.05) is 34.3 Å². The van der Waals surface area contributed by atoms with Crippen LogP contribution in [0.15, 0.2) is 97.1 Å². The quantitative estimate of drug-likeness (QED) is 0.132. The van der Waals surface area contributed by atoms with Crippen LogP contribution in [0, 0.1) is 36.0 Å². The number of phenolic OH excluding ortho intramolecular Hbond substituents is 1. The van der Waals surface area contributed by atoms with Gasteiger partial charge < -0.3 is 5.11 Å². The van der Waals surface area contributed by atoms with Gasteiger partial charge in [-0.05, 0) is 79.3 Å². The molecule has 5 aromatic rings. The van der Waals surface area contributed by atoms with Gasteiger partial charge in [0.1, 0.15) is 17.3 Å². The lowest BCUT2D eigenvalue weighted by atomic mass is 9.51. The first-order valence-electron chi connectivity index (χ1n) is 18.6. The van der Waals surface area contributed by atoms with Crippen molar-refractivity contribution in [2.75, 3.05) is 4.90 Å². The molecule has 0 spiro atoms. The summed E-state index contributed by atoms with van der Waals surface area (Å²) in [5, 5.41) is 18.3. The van der Waals surface area contributed by atoms with Crippen LogP contribution in [0.2, 0.25) is 5.02 Å². The Bertz CT molecular complexity index is 2520. The van der Waals surface area contributed by atoms with Crippen molar-refractivity contribution in [3.8, 4) is 16.3 Å². The molecule has 0 bridgehead atoms. The molecule has 2 aliphatic carbocycles. The second-order valence-corrected chi connectivity index (χ2v) is 17.0. The van der Waals surface area contributed by atoms with Crippen molar-refractivity contribution >= 4 is 62.5 Å². The van der Waals surface area contributed by atoms with E-state index in [2.05, 4.69) is 6.58 Å². The van der Waals surface area contributed by atoms with Crippen molar-refractivity contribution in [3.05, 3.63) is 124 Å². The number of para-hydroxylation sites is 1. The number of aryl methyl sites for hydroxylation is 2. The Kier molecular flexibility index (Phi) is 8.29. The molecule has 4 heterocycles. The highest BCUT2D eigenvalue weighted by atomic mass is 35.5. The number of allylic oxidation sites excluding steroid dienone is 3. The number of imide groups is 2. The number of thiophene rings is 1. The minimum atomic E-state index is -1.32. The number of halogens is 1. The number of aromatic nitrogens is 2. The average Bonchev–Trinajstić information content (AvgIpc) is 3.84. The minimum absolute atomic E-state index is 0.0393. The highest BCUT2D eigenvalue weighted by Gasteiger charge is 2.68. The summed E-state index contributed by atoms with van der Waals surface area (Å²) in [7, 11) is 1.72. The Hall–Kier alpha value is -5.32. The Morgan fingerprint density at radius 3 is 2.55 bits per heavy atom. The van der Waals surface area contributed by atoms with Crippen LogP contribution in [0.25, 0.3) is 20.7 Å². The zero-order chi connectivity index (χ0) is 38.5. The zero-order valence-electron chi connectivity index (χ0n) is 30.7. The summed E-state index contributed by atoms with van der Waals surface area (Å²) < 4.78 is 2.62. The number of amides is 4. The van der Waals surface area contributed by atoms with Gasteiger partial charge in [0.05, 0.1) is 34.6 Å². The van der Waals surface area contributed by atoms with Crippen LogP contribution in [-0.2, 0) is 39.2 Å². The van der Waals surface area contributed by atoms with Crippen LogP contribution < -0.4 is 4.90 Å². The summed E-state index contributed by atoms with van der Waals surface area (Å²) in [5.41, 5.74) is 3.16. The second-order valence-electron chi connectivity index (χ2n) is 15.5. The maximum atomic E-state index is 15.2. The lowest BCUT2D eigenvalue weighted by Crippen LogP contribution is -2.49. The van der Waals surface area contributed by atoms with Gasteiger partial charge in [-0.25, -0.2) is 4.90 Å². The number of phenols is 1. The van der Waals surface area contributed by atoms with E-state index in [4.69, 9.17) is 16.7 Å². The third kappa shape index (κ3) is 5.14. The van der Waals surface area contributed by atoms with Gasteiger partial charge in [0.15, 0.2) is 0 Å². The smallest absolute Gasteiger partial charge is 0.242 e. The number of likely N-dealkylation sites (tertiary alicyclic amines) is 1. The molecule has 55 heavy (non-hydrogen) atoms. The van der Waals surface area contributed by atoms with Crippen LogP contribution in [0.1, 0.15) is 47.9 Å². The molecule has 0 radical (unpaired) electrons. The topological polar surface area (TPSA) is 113 Å². The fourth-order valence-corrected chi connectivity index (χ4v) is 11.3. The van der Waals surface area contributed by atoms with E-state index in [-0.39, 0.29) is 36.4 Å². The first kappa shape index (κ1) is 35.4. The van der Waals surface area contributed by atoms with Crippen molar-refractivity contribution in [3.63, 3.8) is 0 Å². The number of anilines is 1. The first-order valence-corrected chi connectivity index (χ1v) is 19.8. The van der Waals surface area contributed by atoms with Crippen LogP contribution in [0.3, 0.4) is 0 Å². The fraction of sp³-hybridized carbons (Fsp3) is 0.295. The zero-order valence-corrected chi connectivity index (χ0v) is 32.2. The highest BCUT2D eigenvalue weighted by Crippen LogP contribution is 2.64. The van der Waals surface area contributed by atoms with Gasteiger partial charge in [-0.3, -0.25) is 28.8 Å². The largest absolute Gasteiger partial charge is 0.507 e. The van der Waals surface area contributed by atoms with Gasteiger partial charge in [0.2, 0.25) is 23.6 Å². The van der Waals surface area contributed by atoms with Crippen LogP contribution in [-0.4, -0.2) is 43.4 Å². The summed E-state index contributed by atoms with van der Waals surface area (Å²) in [5.74, 6) is -4.20. The number of aromatic hydroxyl groups is 1. The van der Waals surface area contributed by atoms with Crippen molar-refractivity contribution in [1.82, 2.24) is 14.7 Å². The Morgan fingerprint density at radius 2 is 1.78 bits per heavy atom. The number of carbonyl (C=O) groups is 4. The molecule has 6 atom stereocenters. The fourth-order valence-electron chi connectivity index (χ4n) is 9.94. The molecular weight excluding hydrogens is 732 g/mol. The summed E-state index contributed by atoms with van der Waals surface area (Å²) in [6.07, 6.45) is 4.66. The number of carbonyl (C=O) groups excluding carboxylic acids is 4. The standard InChI is InChI=1S/C44H39ClN4O5S/c1-5-10-25-13-9-14-29(38(25)50)37-27-16-17-28-36(42(53)48(40(28)51)22-24-11-7-6-8-12-24)31(27)20-32-41(52)49(43(54)44(32,37)3)35-21-33(46-47(35)4)39-23(2)30-19-26(45)15-18-34(30)55-39/h5-9,11-16,18-19,21,28,31-32,36-37,50H,1,10,17,20,22H2,2-4H3/t28-,31+,32-,36-,37+,44+/m0/s1. The Balaban J connectivity index is 1.15. The molecule has 0 unspecified atom stereocenters. The lowest BCUT2D eigenvalue weighted by Gasteiger charge is -2.49. The molecule has 3 aromatic carbocycles. The minimum Gasteiger partial charge on any atom is -0.507 e. The van der Waals surface area contributed by atoms with Crippen molar-refractivity contribution in [2.45, 2.75) is 45.6 Å². The normalized spacial score (nSPS) is 26.0. The van der Waals surface area contributed by atoms with Crippen LogP contribution >= 0.6 is 22.9 Å². The number of hydrogen-bond donors (Lipinski definition) is 1. The molecule has 3 fully saturated rings.